The Morgan fingerprint density at radius 1 is 0.971 bits per heavy atom. The molecule has 2 amide bonds. The van der Waals surface area contributed by atoms with Crippen LogP contribution in [0.5, 0.6) is 0 Å². The second kappa shape index (κ2) is 9.43. The second-order valence-electron chi connectivity index (χ2n) is 8.87. The summed E-state index contributed by atoms with van der Waals surface area (Å²) in [7, 11) is 1.82. The monoisotopic (exact) mass is 472 g/mol. The molecule has 2 fully saturated rings. The van der Waals surface area contributed by atoms with E-state index in [1.54, 1.807) is 9.80 Å². The van der Waals surface area contributed by atoms with Gasteiger partial charge in [0.25, 0.3) is 5.91 Å². The number of thiocarbonyl (C=S) groups is 1. The highest BCUT2D eigenvalue weighted by atomic mass is 32.1. The van der Waals surface area contributed by atoms with Crippen LogP contribution in [0.3, 0.4) is 0 Å². The Kier molecular flexibility index (Phi) is 6.20. The standard InChI is InChI=1S/C27H28N4O2S/c1-28-24(26(33)31(27(28)34)21-11-5-4-6-12-21)17-20-18-30(23-14-8-7-13-22(20)23)19-25(32)29-15-9-2-3-10-16-29/h4-8,11-14,17-18H,2-3,9-10,15-16,19H2,1H3/b24-17-. The van der Waals surface area contributed by atoms with Crippen molar-refractivity contribution in [1.29, 1.82) is 0 Å². The Morgan fingerprint density at radius 3 is 2.38 bits per heavy atom. The van der Waals surface area contributed by atoms with Gasteiger partial charge in [0, 0.05) is 42.8 Å². The summed E-state index contributed by atoms with van der Waals surface area (Å²) in [5, 5.41) is 1.45. The van der Waals surface area contributed by atoms with Crippen molar-refractivity contribution >= 4 is 51.8 Å². The number of amides is 2. The number of hydrogen-bond donors (Lipinski definition) is 0. The summed E-state index contributed by atoms with van der Waals surface area (Å²) in [4.78, 5) is 31.7. The van der Waals surface area contributed by atoms with E-state index < -0.39 is 0 Å². The Balaban J connectivity index is 1.48. The molecule has 2 aliphatic rings. The molecule has 2 saturated heterocycles. The van der Waals surface area contributed by atoms with Crippen LogP contribution in [0.4, 0.5) is 5.69 Å². The number of hydrogen-bond acceptors (Lipinski definition) is 3. The minimum Gasteiger partial charge on any atom is -0.341 e. The van der Waals surface area contributed by atoms with Gasteiger partial charge in [-0.3, -0.25) is 14.5 Å². The van der Waals surface area contributed by atoms with Crippen LogP contribution < -0.4 is 4.90 Å². The first kappa shape index (κ1) is 22.3. The van der Waals surface area contributed by atoms with E-state index in [2.05, 4.69) is 0 Å². The van der Waals surface area contributed by atoms with Crippen LogP contribution in [0, 0.1) is 0 Å². The molecule has 2 aliphatic heterocycles. The zero-order valence-corrected chi connectivity index (χ0v) is 20.1. The third kappa shape index (κ3) is 4.12. The van der Waals surface area contributed by atoms with E-state index >= 15 is 0 Å². The molecule has 34 heavy (non-hydrogen) atoms. The lowest BCUT2D eigenvalue weighted by molar-refractivity contribution is -0.131. The van der Waals surface area contributed by atoms with Crippen LogP contribution in [-0.2, 0) is 16.1 Å². The molecule has 2 aromatic carbocycles. The summed E-state index contributed by atoms with van der Waals surface area (Å²) >= 11 is 5.59. The van der Waals surface area contributed by atoms with Gasteiger partial charge in [-0.25, -0.2) is 0 Å². The van der Waals surface area contributed by atoms with Gasteiger partial charge in [-0.1, -0.05) is 49.2 Å². The van der Waals surface area contributed by atoms with Gasteiger partial charge in [-0.15, -0.1) is 0 Å². The van der Waals surface area contributed by atoms with E-state index in [4.69, 9.17) is 12.2 Å². The molecular formula is C27H28N4O2S. The van der Waals surface area contributed by atoms with Crippen molar-refractivity contribution in [2.24, 2.45) is 0 Å². The number of aromatic nitrogens is 1. The van der Waals surface area contributed by atoms with Gasteiger partial charge in [0.1, 0.15) is 12.2 Å². The highest BCUT2D eigenvalue weighted by molar-refractivity contribution is 7.80. The third-order valence-corrected chi connectivity index (χ3v) is 7.11. The van der Waals surface area contributed by atoms with E-state index in [0.717, 1.165) is 48.1 Å². The number of likely N-dealkylation sites (N-methyl/N-ethyl adjacent to an activating group) is 1. The first-order chi connectivity index (χ1) is 16.5. The smallest absolute Gasteiger partial charge is 0.281 e. The number of benzene rings is 2. The normalized spacial score (nSPS) is 18.3. The molecule has 5 rings (SSSR count). The van der Waals surface area contributed by atoms with E-state index in [1.165, 1.54) is 12.8 Å². The third-order valence-electron chi connectivity index (χ3n) is 6.65. The van der Waals surface area contributed by atoms with Crippen LogP contribution >= 0.6 is 12.2 Å². The topological polar surface area (TPSA) is 48.8 Å². The predicted molar refractivity (Wildman–Crippen MR) is 139 cm³/mol. The van der Waals surface area contributed by atoms with Gasteiger partial charge in [0.15, 0.2) is 5.11 Å². The molecule has 0 spiro atoms. The highest BCUT2D eigenvalue weighted by Gasteiger charge is 2.36. The average molecular weight is 473 g/mol. The van der Waals surface area contributed by atoms with Crippen molar-refractivity contribution < 1.29 is 9.59 Å². The Hall–Kier alpha value is -3.45. The largest absolute Gasteiger partial charge is 0.341 e. The number of carbonyl (C=O) groups excluding carboxylic acids is 2. The molecule has 3 heterocycles. The van der Waals surface area contributed by atoms with Crippen LogP contribution in [0.2, 0.25) is 0 Å². The SMILES string of the molecule is CN1C(=S)N(c2ccccc2)C(=O)/C1=C/c1cn(CC(=O)N2CCCCCC2)c2ccccc12. The molecule has 0 saturated carbocycles. The maximum Gasteiger partial charge on any atom is 0.281 e. The number of anilines is 1. The van der Waals surface area contributed by atoms with Crippen molar-refractivity contribution in [1.82, 2.24) is 14.4 Å². The van der Waals surface area contributed by atoms with Crippen LogP contribution in [0.15, 0.2) is 66.5 Å². The summed E-state index contributed by atoms with van der Waals surface area (Å²) in [6.45, 7) is 1.96. The second-order valence-corrected chi connectivity index (χ2v) is 9.24. The van der Waals surface area contributed by atoms with Crippen molar-refractivity contribution in [2.45, 2.75) is 32.2 Å². The number of carbonyl (C=O) groups is 2. The number of likely N-dealkylation sites (tertiary alicyclic amines) is 1. The fourth-order valence-electron chi connectivity index (χ4n) is 4.80. The minimum absolute atomic E-state index is 0.146. The molecule has 0 atom stereocenters. The van der Waals surface area contributed by atoms with Crippen LogP contribution in [0.1, 0.15) is 31.2 Å². The molecule has 0 bridgehead atoms. The van der Waals surface area contributed by atoms with Crippen molar-refractivity contribution in [3.8, 4) is 0 Å². The average Bonchev–Trinajstić information content (AvgIpc) is 3.13. The first-order valence-electron chi connectivity index (χ1n) is 11.8. The number of para-hydroxylation sites is 2. The van der Waals surface area contributed by atoms with E-state index in [0.29, 0.717) is 17.4 Å². The minimum atomic E-state index is -0.156. The van der Waals surface area contributed by atoms with Gasteiger partial charge >= 0.3 is 0 Å². The summed E-state index contributed by atoms with van der Waals surface area (Å²) in [6.07, 6.45) is 8.38. The Bertz CT molecular complexity index is 1270. The zero-order chi connectivity index (χ0) is 23.7. The molecule has 3 aromatic rings. The molecule has 0 unspecified atom stereocenters. The molecule has 6 nitrogen and oxygen atoms in total. The quantitative estimate of drug-likeness (QED) is 0.410. The van der Waals surface area contributed by atoms with Gasteiger partial charge in [-0.05, 0) is 49.3 Å². The van der Waals surface area contributed by atoms with Gasteiger partial charge in [-0.2, -0.15) is 0 Å². The van der Waals surface area contributed by atoms with E-state index in [1.807, 2.05) is 83.4 Å². The highest BCUT2D eigenvalue weighted by Crippen LogP contribution is 2.30. The fraction of sp³-hybridized carbons (Fsp3) is 0.296. The van der Waals surface area contributed by atoms with Crippen molar-refractivity contribution in [3.05, 3.63) is 72.1 Å². The lowest BCUT2D eigenvalue weighted by Crippen LogP contribution is -2.34. The maximum absolute atomic E-state index is 13.4. The maximum atomic E-state index is 13.4. The molecule has 174 valence electrons. The zero-order valence-electron chi connectivity index (χ0n) is 19.3. The lowest BCUT2D eigenvalue weighted by atomic mass is 10.1. The fourth-order valence-corrected chi connectivity index (χ4v) is 5.08. The van der Waals surface area contributed by atoms with Gasteiger partial charge in [0.05, 0.1) is 5.69 Å². The van der Waals surface area contributed by atoms with E-state index in [-0.39, 0.29) is 11.8 Å². The molecule has 0 aliphatic carbocycles. The molecule has 0 radical (unpaired) electrons. The summed E-state index contributed by atoms with van der Waals surface area (Å²) in [5.41, 5.74) is 3.13. The Labute approximate surface area is 205 Å². The molecule has 1 aromatic heterocycles. The van der Waals surface area contributed by atoms with Crippen LogP contribution in [0.25, 0.3) is 17.0 Å². The van der Waals surface area contributed by atoms with Crippen LogP contribution in [-0.4, -0.2) is 51.4 Å². The number of nitrogens with zero attached hydrogens (tertiary/aromatic N) is 4. The molecule has 0 N–H and O–H groups in total. The Morgan fingerprint density at radius 2 is 1.65 bits per heavy atom. The first-order valence-corrected chi connectivity index (χ1v) is 12.2. The number of fused-ring (bicyclic) bond motifs is 1. The van der Waals surface area contributed by atoms with Gasteiger partial charge in [0.2, 0.25) is 5.91 Å². The molecule has 7 heteroatoms. The lowest BCUT2D eigenvalue weighted by Gasteiger charge is -2.20. The predicted octanol–water partition coefficient (Wildman–Crippen LogP) is 4.65. The number of rotatable bonds is 4. The van der Waals surface area contributed by atoms with Crippen molar-refractivity contribution in [3.63, 3.8) is 0 Å². The summed E-state index contributed by atoms with van der Waals surface area (Å²) in [6, 6.07) is 17.5. The summed E-state index contributed by atoms with van der Waals surface area (Å²) in [5.74, 6) is -0.0106. The van der Waals surface area contributed by atoms with Gasteiger partial charge < -0.3 is 14.4 Å². The van der Waals surface area contributed by atoms with E-state index in [9.17, 15) is 9.59 Å². The molecular weight excluding hydrogens is 444 g/mol. The van der Waals surface area contributed by atoms with Crippen molar-refractivity contribution in [2.75, 3.05) is 25.0 Å². The summed E-state index contributed by atoms with van der Waals surface area (Å²) < 4.78 is 2.00.